The van der Waals surface area contributed by atoms with Gasteiger partial charge in [-0.2, -0.15) is 0 Å². The lowest BCUT2D eigenvalue weighted by Gasteiger charge is -2.34. The minimum atomic E-state index is -0.302. The molecular weight excluding hydrogens is 244 g/mol. The van der Waals surface area contributed by atoms with Crippen molar-refractivity contribution in [2.75, 3.05) is 6.54 Å². The Bertz CT molecular complexity index is 408. The summed E-state index contributed by atoms with van der Waals surface area (Å²) in [4.78, 5) is 13.6. The van der Waals surface area contributed by atoms with Crippen molar-refractivity contribution in [2.24, 2.45) is 11.1 Å². The number of amides is 1. The van der Waals surface area contributed by atoms with E-state index in [0.29, 0.717) is 13.1 Å². The van der Waals surface area contributed by atoms with E-state index in [9.17, 15) is 4.79 Å². The maximum atomic E-state index is 12.4. The molecule has 1 heterocycles. The Morgan fingerprint density at radius 3 is 2.72 bits per heavy atom. The fourth-order valence-corrected chi connectivity index (χ4v) is 3.53. The molecule has 0 spiro atoms. The van der Waals surface area contributed by atoms with Gasteiger partial charge in [-0.15, -0.1) is 11.3 Å². The molecule has 4 heteroatoms. The van der Waals surface area contributed by atoms with E-state index in [0.717, 1.165) is 25.7 Å². The van der Waals surface area contributed by atoms with Crippen molar-refractivity contribution in [1.82, 2.24) is 5.32 Å². The first-order chi connectivity index (χ1) is 8.68. The number of thiophene rings is 1. The molecule has 0 aliphatic heterocycles. The lowest BCUT2D eigenvalue weighted by molar-refractivity contribution is -0.132. The summed E-state index contributed by atoms with van der Waals surface area (Å²) in [5, 5.41) is 5.14. The zero-order chi connectivity index (χ0) is 13.0. The summed E-state index contributed by atoms with van der Waals surface area (Å²) in [7, 11) is 0. The maximum absolute atomic E-state index is 12.4. The molecule has 18 heavy (non-hydrogen) atoms. The van der Waals surface area contributed by atoms with Crippen molar-refractivity contribution in [1.29, 1.82) is 0 Å². The van der Waals surface area contributed by atoms with E-state index in [4.69, 9.17) is 5.73 Å². The Morgan fingerprint density at radius 2 is 2.17 bits per heavy atom. The molecule has 3 N–H and O–H groups in total. The van der Waals surface area contributed by atoms with E-state index in [-0.39, 0.29) is 11.3 Å². The molecule has 0 saturated heterocycles. The molecule has 100 valence electrons. The van der Waals surface area contributed by atoms with Gasteiger partial charge in [0.25, 0.3) is 0 Å². The number of hydrogen-bond acceptors (Lipinski definition) is 3. The minimum Gasteiger partial charge on any atom is -0.351 e. The second kappa shape index (κ2) is 5.85. The van der Waals surface area contributed by atoms with Crippen molar-refractivity contribution < 1.29 is 4.79 Å². The molecule has 1 aromatic rings. The van der Waals surface area contributed by atoms with Crippen LogP contribution in [0.15, 0.2) is 11.4 Å². The topological polar surface area (TPSA) is 55.1 Å². The van der Waals surface area contributed by atoms with E-state index < -0.39 is 0 Å². The van der Waals surface area contributed by atoms with Crippen molar-refractivity contribution in [2.45, 2.75) is 45.6 Å². The average Bonchev–Trinajstić information content (AvgIpc) is 2.82. The summed E-state index contributed by atoms with van der Waals surface area (Å²) in [6.07, 6.45) is 5.38. The molecule has 1 aliphatic rings. The normalized spacial score (nSPS) is 18.6. The standard InChI is InChI=1S/C14H22N2OS/c1-11-5-8-18-12(11)9-16-13(17)14(10-15)6-3-2-4-7-14/h5,8H,2-4,6-7,9-10,15H2,1H3,(H,16,17). The Balaban J connectivity index is 1.96. The summed E-state index contributed by atoms with van der Waals surface area (Å²) in [5.41, 5.74) is 6.81. The minimum absolute atomic E-state index is 0.150. The first kappa shape index (κ1) is 13.6. The molecule has 0 atom stereocenters. The molecule has 2 rings (SSSR count). The van der Waals surface area contributed by atoms with Crippen LogP contribution in [0.4, 0.5) is 0 Å². The average molecular weight is 266 g/mol. The summed E-state index contributed by atoms with van der Waals surface area (Å²) in [6, 6.07) is 2.09. The number of nitrogens with one attached hydrogen (secondary N) is 1. The molecular formula is C14H22N2OS. The van der Waals surface area contributed by atoms with E-state index in [1.807, 2.05) is 0 Å². The van der Waals surface area contributed by atoms with Crippen LogP contribution in [0, 0.1) is 12.3 Å². The predicted octanol–water partition coefficient (Wildman–Crippen LogP) is 2.58. The molecule has 1 aliphatic carbocycles. The lowest BCUT2D eigenvalue weighted by atomic mass is 9.73. The number of carbonyl (C=O) groups is 1. The molecule has 1 aromatic heterocycles. The Morgan fingerprint density at radius 1 is 1.44 bits per heavy atom. The SMILES string of the molecule is Cc1ccsc1CNC(=O)C1(CN)CCCCC1. The first-order valence-electron chi connectivity index (χ1n) is 6.69. The number of nitrogens with two attached hydrogens (primary N) is 1. The number of hydrogen-bond donors (Lipinski definition) is 2. The Hall–Kier alpha value is -0.870. The smallest absolute Gasteiger partial charge is 0.227 e. The molecule has 1 fully saturated rings. The van der Waals surface area contributed by atoms with Gasteiger partial charge in [0.05, 0.1) is 12.0 Å². The van der Waals surface area contributed by atoms with Crippen LogP contribution in [0.25, 0.3) is 0 Å². The van der Waals surface area contributed by atoms with Gasteiger partial charge in [-0.25, -0.2) is 0 Å². The lowest BCUT2D eigenvalue weighted by Crippen LogP contribution is -2.46. The van der Waals surface area contributed by atoms with E-state index >= 15 is 0 Å². The maximum Gasteiger partial charge on any atom is 0.227 e. The van der Waals surface area contributed by atoms with Gasteiger partial charge < -0.3 is 11.1 Å². The first-order valence-corrected chi connectivity index (χ1v) is 7.57. The van der Waals surface area contributed by atoms with Gasteiger partial charge in [-0.1, -0.05) is 19.3 Å². The van der Waals surface area contributed by atoms with E-state index in [1.165, 1.54) is 16.9 Å². The molecule has 0 radical (unpaired) electrons. The van der Waals surface area contributed by atoms with E-state index in [1.54, 1.807) is 11.3 Å². The van der Waals surface area contributed by atoms with Crippen LogP contribution in [0.2, 0.25) is 0 Å². The highest BCUT2D eigenvalue weighted by atomic mass is 32.1. The van der Waals surface area contributed by atoms with Gasteiger partial charge in [-0.3, -0.25) is 4.79 Å². The van der Waals surface area contributed by atoms with Crippen LogP contribution in [0.5, 0.6) is 0 Å². The molecule has 1 saturated carbocycles. The quantitative estimate of drug-likeness (QED) is 0.880. The van der Waals surface area contributed by atoms with Gasteiger partial charge in [0.15, 0.2) is 0 Å². The van der Waals surface area contributed by atoms with Crippen LogP contribution >= 0.6 is 11.3 Å². The third-order valence-corrected chi connectivity index (χ3v) is 5.08. The van der Waals surface area contributed by atoms with Crippen molar-refractivity contribution in [3.63, 3.8) is 0 Å². The zero-order valence-corrected chi connectivity index (χ0v) is 11.8. The summed E-state index contributed by atoms with van der Waals surface area (Å²) in [5.74, 6) is 0.150. The molecule has 0 bridgehead atoms. The van der Waals surface area contributed by atoms with Gasteiger partial charge in [0.2, 0.25) is 5.91 Å². The number of aryl methyl sites for hydroxylation is 1. The third-order valence-electron chi connectivity index (χ3n) is 4.06. The molecule has 0 unspecified atom stereocenters. The Labute approximate surface area is 113 Å². The fourth-order valence-electron chi connectivity index (χ4n) is 2.69. The molecule has 0 aromatic carbocycles. The van der Waals surface area contributed by atoms with Crippen LogP contribution in [-0.4, -0.2) is 12.5 Å². The molecule has 3 nitrogen and oxygen atoms in total. The van der Waals surface area contributed by atoms with Gasteiger partial charge in [-0.05, 0) is 36.8 Å². The monoisotopic (exact) mass is 266 g/mol. The molecule has 1 amide bonds. The van der Waals surface area contributed by atoms with Gasteiger partial charge >= 0.3 is 0 Å². The largest absolute Gasteiger partial charge is 0.351 e. The van der Waals surface area contributed by atoms with E-state index in [2.05, 4.69) is 23.7 Å². The van der Waals surface area contributed by atoms with Crippen molar-refractivity contribution >= 4 is 17.2 Å². The van der Waals surface area contributed by atoms with Crippen molar-refractivity contribution in [3.8, 4) is 0 Å². The van der Waals surface area contributed by atoms with Gasteiger partial charge in [0, 0.05) is 11.4 Å². The predicted molar refractivity (Wildman–Crippen MR) is 75.5 cm³/mol. The summed E-state index contributed by atoms with van der Waals surface area (Å²) < 4.78 is 0. The highest BCUT2D eigenvalue weighted by molar-refractivity contribution is 7.10. The second-order valence-electron chi connectivity index (χ2n) is 5.25. The van der Waals surface area contributed by atoms with Gasteiger partial charge in [0.1, 0.15) is 0 Å². The van der Waals surface area contributed by atoms with Crippen molar-refractivity contribution in [3.05, 3.63) is 21.9 Å². The number of carbonyl (C=O) groups excluding carboxylic acids is 1. The fraction of sp³-hybridized carbons (Fsp3) is 0.643. The van der Waals surface area contributed by atoms with Crippen LogP contribution < -0.4 is 11.1 Å². The Kier molecular flexibility index (Phi) is 4.40. The highest BCUT2D eigenvalue weighted by Crippen LogP contribution is 2.35. The third kappa shape index (κ3) is 2.75. The van der Waals surface area contributed by atoms with Crippen LogP contribution in [0.1, 0.15) is 42.5 Å². The highest BCUT2D eigenvalue weighted by Gasteiger charge is 2.37. The summed E-state index contributed by atoms with van der Waals surface area (Å²) in [6.45, 7) is 3.20. The number of rotatable bonds is 4. The van der Waals surface area contributed by atoms with Crippen LogP contribution in [0.3, 0.4) is 0 Å². The summed E-state index contributed by atoms with van der Waals surface area (Å²) >= 11 is 1.70. The zero-order valence-electron chi connectivity index (χ0n) is 11.0. The van der Waals surface area contributed by atoms with Crippen LogP contribution in [-0.2, 0) is 11.3 Å². The second-order valence-corrected chi connectivity index (χ2v) is 6.26.